The van der Waals surface area contributed by atoms with Gasteiger partial charge in [-0.3, -0.25) is 0 Å². The van der Waals surface area contributed by atoms with Gasteiger partial charge in [-0.1, -0.05) is 23.2 Å². The Balaban J connectivity index is 3.17. The third-order valence-corrected chi connectivity index (χ3v) is 2.86. The Labute approximate surface area is 94.2 Å². The summed E-state index contributed by atoms with van der Waals surface area (Å²) in [4.78, 5) is 3.39. The predicted octanol–water partition coefficient (Wildman–Crippen LogP) is 2.60. The van der Waals surface area contributed by atoms with Crippen LogP contribution in [0.25, 0.3) is 0 Å². The fourth-order valence-corrected chi connectivity index (χ4v) is 2.18. The van der Waals surface area contributed by atoms with E-state index in [0.29, 0.717) is 0 Å². The van der Waals surface area contributed by atoms with E-state index in [-0.39, 0.29) is 10.7 Å². The Kier molecular flexibility index (Phi) is 3.58. The molecule has 0 saturated heterocycles. The van der Waals surface area contributed by atoms with Gasteiger partial charge in [-0.15, -0.1) is 0 Å². The van der Waals surface area contributed by atoms with Crippen molar-refractivity contribution in [2.75, 3.05) is 0 Å². The molecule has 0 radical (unpaired) electrons. The summed E-state index contributed by atoms with van der Waals surface area (Å²) in [6, 6.07) is 0.887. The Bertz CT molecular complexity index is 462. The minimum absolute atomic E-state index is 0.0245. The third-order valence-electron chi connectivity index (χ3n) is 1.29. The van der Waals surface area contributed by atoms with Crippen molar-refractivity contribution in [3.05, 3.63) is 27.8 Å². The monoisotopic (exact) mass is 277 g/mol. The van der Waals surface area contributed by atoms with Crippen LogP contribution in [0.2, 0.25) is 10.3 Å². The fraction of sp³-hybridized carbons (Fsp3) is 0.167. The molecule has 0 bridgehead atoms. The fourth-order valence-electron chi connectivity index (χ4n) is 0.770. The lowest BCUT2D eigenvalue weighted by Gasteiger charge is -2.01. The molecule has 0 amide bonds. The third kappa shape index (κ3) is 3.24. The van der Waals surface area contributed by atoms with Crippen molar-refractivity contribution in [1.82, 2.24) is 4.98 Å². The summed E-state index contributed by atoms with van der Waals surface area (Å²) in [6.07, 6.45) is 0. The minimum Gasteiger partial charge on any atom is -0.221 e. The molecule has 0 spiro atoms. The second-order valence-electron chi connectivity index (χ2n) is 2.39. The highest BCUT2D eigenvalue weighted by atomic mass is 35.7. The zero-order chi connectivity index (χ0) is 10.9. The molecule has 0 fully saturated rings. The van der Waals surface area contributed by atoms with Crippen LogP contribution in [0.3, 0.4) is 0 Å². The van der Waals surface area contributed by atoms with Crippen LogP contribution in [0.4, 0.5) is 4.39 Å². The van der Waals surface area contributed by atoms with E-state index in [2.05, 4.69) is 4.98 Å². The number of hydrogen-bond acceptors (Lipinski definition) is 3. The summed E-state index contributed by atoms with van der Waals surface area (Å²) in [7, 11) is 1.17. The molecule has 0 aromatic carbocycles. The summed E-state index contributed by atoms with van der Waals surface area (Å²) >= 11 is 10.8. The van der Waals surface area contributed by atoms with E-state index in [9.17, 15) is 12.8 Å². The van der Waals surface area contributed by atoms with Gasteiger partial charge in [0.15, 0.2) is 11.0 Å². The smallest absolute Gasteiger partial charge is 0.221 e. The summed E-state index contributed by atoms with van der Waals surface area (Å²) in [5.41, 5.74) is -0.0245. The van der Waals surface area contributed by atoms with Gasteiger partial charge in [-0.05, 0) is 6.07 Å². The van der Waals surface area contributed by atoms with Crippen molar-refractivity contribution in [2.24, 2.45) is 0 Å². The first-order chi connectivity index (χ1) is 6.29. The Morgan fingerprint density at radius 3 is 2.43 bits per heavy atom. The number of nitrogens with zero attached hydrogens (tertiary/aromatic N) is 1. The normalized spacial score (nSPS) is 11.7. The van der Waals surface area contributed by atoms with Crippen molar-refractivity contribution < 1.29 is 12.8 Å². The van der Waals surface area contributed by atoms with Gasteiger partial charge in [-0.2, -0.15) is 0 Å². The number of pyridine rings is 1. The van der Waals surface area contributed by atoms with E-state index in [1.807, 2.05) is 0 Å². The van der Waals surface area contributed by atoms with Crippen molar-refractivity contribution in [3.63, 3.8) is 0 Å². The SMILES string of the molecule is O=S(=O)(Cl)Cc1cc(F)c(Cl)nc1Cl. The van der Waals surface area contributed by atoms with E-state index in [1.165, 1.54) is 0 Å². The Morgan fingerprint density at radius 1 is 1.36 bits per heavy atom. The summed E-state index contributed by atoms with van der Waals surface area (Å²) < 4.78 is 34.2. The van der Waals surface area contributed by atoms with E-state index in [4.69, 9.17) is 33.9 Å². The molecule has 1 rings (SSSR count). The zero-order valence-electron chi connectivity index (χ0n) is 6.47. The first kappa shape index (κ1) is 12.0. The average molecular weight is 279 g/mol. The number of rotatable bonds is 2. The first-order valence-corrected chi connectivity index (χ1v) is 6.46. The van der Waals surface area contributed by atoms with Crippen LogP contribution in [0.5, 0.6) is 0 Å². The molecule has 0 saturated carbocycles. The molecule has 1 aromatic heterocycles. The largest absolute Gasteiger partial charge is 0.236 e. The number of hydrogen-bond donors (Lipinski definition) is 0. The Morgan fingerprint density at radius 2 is 1.93 bits per heavy atom. The molecule has 0 N–H and O–H groups in total. The molecular formula is C6H3Cl3FNO2S. The van der Waals surface area contributed by atoms with Gasteiger partial charge in [-0.25, -0.2) is 17.8 Å². The maximum absolute atomic E-state index is 12.8. The number of aromatic nitrogens is 1. The summed E-state index contributed by atoms with van der Waals surface area (Å²) in [6.45, 7) is 0. The molecule has 1 aromatic rings. The second-order valence-corrected chi connectivity index (χ2v) is 5.89. The van der Waals surface area contributed by atoms with Crippen LogP contribution in [0.15, 0.2) is 6.07 Å². The van der Waals surface area contributed by atoms with E-state index in [1.54, 1.807) is 0 Å². The van der Waals surface area contributed by atoms with Crippen molar-refractivity contribution in [3.8, 4) is 0 Å². The van der Waals surface area contributed by atoms with Crippen LogP contribution in [-0.2, 0) is 14.8 Å². The lowest BCUT2D eigenvalue weighted by atomic mass is 10.3. The first-order valence-electron chi connectivity index (χ1n) is 3.22. The average Bonchev–Trinajstić information content (AvgIpc) is 1.97. The van der Waals surface area contributed by atoms with E-state index >= 15 is 0 Å². The van der Waals surface area contributed by atoms with Crippen LogP contribution in [0.1, 0.15) is 5.56 Å². The standard InChI is InChI=1S/C6H3Cl3FNO2S/c7-5-3(2-14(9,12)13)1-4(10)6(8)11-5/h1H,2H2. The molecule has 8 heteroatoms. The summed E-state index contributed by atoms with van der Waals surface area (Å²) in [5.74, 6) is -1.43. The van der Waals surface area contributed by atoms with E-state index in [0.717, 1.165) is 6.07 Å². The van der Waals surface area contributed by atoms with Crippen LogP contribution >= 0.6 is 33.9 Å². The quantitative estimate of drug-likeness (QED) is 0.617. The topological polar surface area (TPSA) is 47.0 Å². The van der Waals surface area contributed by atoms with Gasteiger partial charge < -0.3 is 0 Å². The van der Waals surface area contributed by atoms with Crippen molar-refractivity contribution >= 4 is 42.9 Å². The lowest BCUT2D eigenvalue weighted by molar-refractivity contribution is 0.607. The van der Waals surface area contributed by atoms with Gasteiger partial charge in [0, 0.05) is 16.2 Å². The van der Waals surface area contributed by atoms with Crippen molar-refractivity contribution in [2.45, 2.75) is 5.75 Å². The van der Waals surface area contributed by atoms with Crippen molar-refractivity contribution in [1.29, 1.82) is 0 Å². The van der Waals surface area contributed by atoms with Crippen LogP contribution in [-0.4, -0.2) is 13.4 Å². The second kappa shape index (κ2) is 4.18. The van der Waals surface area contributed by atoms with Crippen LogP contribution < -0.4 is 0 Å². The van der Waals surface area contributed by atoms with Crippen LogP contribution in [0, 0.1) is 5.82 Å². The van der Waals surface area contributed by atoms with Gasteiger partial charge in [0.1, 0.15) is 5.15 Å². The maximum Gasteiger partial charge on any atom is 0.236 e. The molecule has 0 unspecified atom stereocenters. The van der Waals surface area contributed by atoms with Gasteiger partial charge in [0.25, 0.3) is 0 Å². The molecule has 0 aliphatic heterocycles. The highest BCUT2D eigenvalue weighted by molar-refractivity contribution is 8.13. The molecule has 1 heterocycles. The maximum atomic E-state index is 12.8. The molecule has 0 atom stereocenters. The highest BCUT2D eigenvalue weighted by Gasteiger charge is 2.14. The van der Waals surface area contributed by atoms with Gasteiger partial charge >= 0.3 is 0 Å². The summed E-state index contributed by atoms with van der Waals surface area (Å²) in [5, 5.41) is -0.591. The molecule has 3 nitrogen and oxygen atoms in total. The minimum atomic E-state index is -3.79. The van der Waals surface area contributed by atoms with Gasteiger partial charge in [0.2, 0.25) is 9.05 Å². The molecule has 14 heavy (non-hydrogen) atoms. The zero-order valence-corrected chi connectivity index (χ0v) is 9.55. The molecule has 78 valence electrons. The lowest BCUT2D eigenvalue weighted by Crippen LogP contribution is -1.99. The molecular weight excluding hydrogens is 275 g/mol. The van der Waals surface area contributed by atoms with E-state index < -0.39 is 25.8 Å². The predicted molar refractivity (Wildman–Crippen MR) is 52.7 cm³/mol. The molecule has 0 aliphatic carbocycles. The molecule has 0 aliphatic rings. The highest BCUT2D eigenvalue weighted by Crippen LogP contribution is 2.22. The Hall–Kier alpha value is -0.100. The van der Waals surface area contributed by atoms with Gasteiger partial charge in [0.05, 0.1) is 5.75 Å². The number of halogens is 4.